The molecule has 0 atom stereocenters. The Kier molecular flexibility index (Phi) is 4.19. The first-order valence-electron chi connectivity index (χ1n) is 8.21. The topological polar surface area (TPSA) is 97.1 Å². The highest BCUT2D eigenvalue weighted by molar-refractivity contribution is 6.41. The van der Waals surface area contributed by atoms with Crippen LogP contribution in [0.5, 0.6) is 0 Å². The molecule has 130 valence electrons. The fourth-order valence-electron chi connectivity index (χ4n) is 3.29. The van der Waals surface area contributed by atoms with Crippen molar-refractivity contribution in [3.63, 3.8) is 0 Å². The fourth-order valence-corrected chi connectivity index (χ4v) is 3.57. The van der Waals surface area contributed by atoms with Gasteiger partial charge in [0.05, 0.1) is 11.1 Å². The number of aromatic amines is 1. The van der Waals surface area contributed by atoms with Crippen molar-refractivity contribution in [3.05, 3.63) is 34.7 Å². The zero-order chi connectivity index (χ0) is 17.4. The van der Waals surface area contributed by atoms with Gasteiger partial charge < -0.3 is 15.5 Å². The van der Waals surface area contributed by atoms with E-state index < -0.39 is 0 Å². The van der Waals surface area contributed by atoms with Crippen molar-refractivity contribution < 1.29 is 9.53 Å². The van der Waals surface area contributed by atoms with E-state index in [4.69, 9.17) is 22.1 Å². The van der Waals surface area contributed by atoms with Gasteiger partial charge in [0, 0.05) is 31.6 Å². The summed E-state index contributed by atoms with van der Waals surface area (Å²) in [4.78, 5) is 26.1. The predicted octanol–water partition coefficient (Wildman–Crippen LogP) is 2.35. The summed E-state index contributed by atoms with van der Waals surface area (Å²) >= 11 is 6.30. The van der Waals surface area contributed by atoms with Crippen LogP contribution in [0.3, 0.4) is 0 Å². The molecule has 2 aromatic heterocycles. The molecule has 2 aliphatic rings. The number of aromatic nitrogens is 3. The van der Waals surface area contributed by atoms with Gasteiger partial charge in [-0.2, -0.15) is 4.98 Å². The van der Waals surface area contributed by atoms with Gasteiger partial charge in [-0.3, -0.25) is 9.69 Å². The molecule has 7 nitrogen and oxygen atoms in total. The maximum absolute atomic E-state index is 13.1. The summed E-state index contributed by atoms with van der Waals surface area (Å²) in [6.45, 7) is 2.01. The van der Waals surface area contributed by atoms with E-state index in [2.05, 4.69) is 15.0 Å². The van der Waals surface area contributed by atoms with Crippen molar-refractivity contribution in [2.75, 3.05) is 30.4 Å². The molecule has 4 heterocycles. The minimum Gasteiger partial charge on any atom is -0.381 e. The number of nitrogens with one attached hydrogen (secondary N) is 1. The number of nitrogens with two attached hydrogens (primary N) is 1. The van der Waals surface area contributed by atoms with Gasteiger partial charge in [0.2, 0.25) is 5.95 Å². The van der Waals surface area contributed by atoms with Gasteiger partial charge in [-0.15, -0.1) is 0 Å². The van der Waals surface area contributed by atoms with E-state index in [1.807, 2.05) is 12.1 Å². The minimum absolute atomic E-state index is 0.0645. The molecule has 25 heavy (non-hydrogen) atoms. The number of nitrogen functional groups attached to an aromatic ring is 1. The normalized spacial score (nSPS) is 19.6. The van der Waals surface area contributed by atoms with E-state index in [1.54, 1.807) is 17.2 Å². The van der Waals surface area contributed by atoms with Crippen LogP contribution < -0.4 is 10.6 Å². The lowest BCUT2D eigenvalue weighted by Gasteiger charge is -2.26. The third kappa shape index (κ3) is 3.01. The maximum atomic E-state index is 13.1. The molecule has 2 aromatic rings. The summed E-state index contributed by atoms with van der Waals surface area (Å²) in [5.41, 5.74) is 7.60. The van der Waals surface area contributed by atoms with Crippen molar-refractivity contribution in [1.82, 2.24) is 15.0 Å². The maximum Gasteiger partial charge on any atom is 0.260 e. The Morgan fingerprint density at radius 3 is 2.92 bits per heavy atom. The number of ether oxygens (including phenoxy) is 1. The van der Waals surface area contributed by atoms with E-state index in [1.165, 1.54) is 0 Å². The van der Waals surface area contributed by atoms with Crippen molar-refractivity contribution in [3.8, 4) is 0 Å². The molecule has 0 aromatic carbocycles. The van der Waals surface area contributed by atoms with Crippen LogP contribution >= 0.6 is 11.6 Å². The van der Waals surface area contributed by atoms with E-state index >= 15 is 0 Å². The average Bonchev–Trinajstić information content (AvgIpc) is 3.19. The van der Waals surface area contributed by atoms with Crippen LogP contribution in [-0.4, -0.2) is 40.6 Å². The Labute approximate surface area is 149 Å². The Morgan fingerprint density at radius 1 is 1.40 bits per heavy atom. The largest absolute Gasteiger partial charge is 0.381 e. The molecule has 0 unspecified atom stereocenters. The van der Waals surface area contributed by atoms with Gasteiger partial charge in [0.1, 0.15) is 5.15 Å². The van der Waals surface area contributed by atoms with Crippen molar-refractivity contribution in [2.45, 2.75) is 12.8 Å². The first-order chi connectivity index (χ1) is 12.1. The van der Waals surface area contributed by atoms with Gasteiger partial charge in [-0.1, -0.05) is 11.6 Å². The van der Waals surface area contributed by atoms with E-state index in [0.29, 0.717) is 29.4 Å². The van der Waals surface area contributed by atoms with Crippen LogP contribution in [-0.2, 0) is 9.53 Å². The molecule has 0 radical (unpaired) electrons. The summed E-state index contributed by atoms with van der Waals surface area (Å²) in [6, 6.07) is 3.75. The number of nitrogens with zero attached hydrogens (tertiary/aromatic N) is 3. The van der Waals surface area contributed by atoms with Crippen LogP contribution in [0.2, 0.25) is 5.15 Å². The molecule has 0 bridgehead atoms. The van der Waals surface area contributed by atoms with Crippen molar-refractivity contribution in [1.29, 1.82) is 0 Å². The van der Waals surface area contributed by atoms with Crippen molar-refractivity contribution >= 4 is 40.9 Å². The number of H-pyrrole nitrogens is 1. The van der Waals surface area contributed by atoms with Gasteiger partial charge in [0.25, 0.3) is 5.91 Å². The van der Waals surface area contributed by atoms with Gasteiger partial charge in [0.15, 0.2) is 5.82 Å². The molecule has 0 aliphatic carbocycles. The SMILES string of the molecule is Nc1nc(Cl)c2c(n1)N(CC1CCOCC1)C(=O)C2=Cc1ccc[nH]1. The minimum atomic E-state index is -0.127. The molecule has 1 amide bonds. The number of hydrogen-bond donors (Lipinski definition) is 2. The number of fused-ring (bicyclic) bond motifs is 1. The molecule has 0 saturated carbocycles. The van der Waals surface area contributed by atoms with Crippen molar-refractivity contribution in [2.24, 2.45) is 5.92 Å². The third-order valence-corrected chi connectivity index (χ3v) is 4.84. The highest BCUT2D eigenvalue weighted by Crippen LogP contribution is 2.41. The number of anilines is 2. The number of hydrogen-bond acceptors (Lipinski definition) is 5. The Morgan fingerprint density at radius 2 is 2.20 bits per heavy atom. The third-order valence-electron chi connectivity index (χ3n) is 4.57. The molecule has 8 heteroatoms. The summed E-state index contributed by atoms with van der Waals surface area (Å²) in [5, 5.41) is 0.197. The van der Waals surface area contributed by atoms with E-state index in [0.717, 1.165) is 31.7 Å². The second-order valence-electron chi connectivity index (χ2n) is 6.23. The van der Waals surface area contributed by atoms with Gasteiger partial charge in [-0.25, -0.2) is 4.98 Å². The first kappa shape index (κ1) is 16.1. The lowest BCUT2D eigenvalue weighted by atomic mass is 10.00. The Hall–Kier alpha value is -2.38. The molecular weight excluding hydrogens is 342 g/mol. The second-order valence-corrected chi connectivity index (χ2v) is 6.58. The van der Waals surface area contributed by atoms with Crippen LogP contribution in [0.4, 0.5) is 11.8 Å². The average molecular weight is 360 g/mol. The number of rotatable bonds is 3. The monoisotopic (exact) mass is 359 g/mol. The van der Waals surface area contributed by atoms with Gasteiger partial charge >= 0.3 is 0 Å². The molecule has 3 N–H and O–H groups in total. The summed E-state index contributed by atoms with van der Waals surface area (Å²) in [5.74, 6) is 0.796. The summed E-state index contributed by atoms with van der Waals surface area (Å²) < 4.78 is 5.40. The standard InChI is InChI=1S/C17H18ClN5O2/c18-14-13-12(8-11-2-1-5-20-11)16(24)23(15(13)22-17(19)21-14)9-10-3-6-25-7-4-10/h1-2,5,8,10,20H,3-4,6-7,9H2,(H2,19,21,22). The Bertz CT molecular complexity index is 828. The van der Waals surface area contributed by atoms with Crippen LogP contribution in [0.1, 0.15) is 24.1 Å². The predicted molar refractivity (Wildman–Crippen MR) is 96.0 cm³/mol. The van der Waals surface area contributed by atoms with E-state index in [-0.39, 0.29) is 17.0 Å². The fraction of sp³-hybridized carbons (Fsp3) is 0.353. The zero-order valence-electron chi connectivity index (χ0n) is 13.5. The number of carbonyl (C=O) groups is 1. The Balaban J connectivity index is 1.75. The lowest BCUT2D eigenvalue weighted by molar-refractivity contribution is -0.113. The molecular formula is C17H18ClN5O2. The zero-order valence-corrected chi connectivity index (χ0v) is 14.3. The molecule has 1 saturated heterocycles. The quantitative estimate of drug-likeness (QED) is 0.647. The smallest absolute Gasteiger partial charge is 0.260 e. The molecule has 0 spiro atoms. The summed E-state index contributed by atoms with van der Waals surface area (Å²) in [7, 11) is 0. The highest BCUT2D eigenvalue weighted by Gasteiger charge is 2.38. The first-order valence-corrected chi connectivity index (χ1v) is 8.59. The molecule has 2 aliphatic heterocycles. The highest BCUT2D eigenvalue weighted by atomic mass is 35.5. The van der Waals surface area contributed by atoms with E-state index in [9.17, 15) is 4.79 Å². The van der Waals surface area contributed by atoms with Crippen LogP contribution in [0, 0.1) is 5.92 Å². The molecule has 1 fully saturated rings. The van der Waals surface area contributed by atoms with Crippen LogP contribution in [0.15, 0.2) is 18.3 Å². The number of carbonyl (C=O) groups excluding carboxylic acids is 1. The summed E-state index contributed by atoms with van der Waals surface area (Å²) in [6.07, 6.45) is 5.41. The molecule has 4 rings (SSSR count). The second kappa shape index (κ2) is 6.50. The number of amides is 1. The number of halogens is 1. The lowest BCUT2D eigenvalue weighted by Crippen LogP contribution is -2.35. The van der Waals surface area contributed by atoms with Gasteiger partial charge in [-0.05, 0) is 37.0 Å². The van der Waals surface area contributed by atoms with Crippen LogP contribution in [0.25, 0.3) is 11.6 Å².